The van der Waals surface area contributed by atoms with Crippen molar-refractivity contribution < 1.29 is 34.0 Å². The summed E-state index contributed by atoms with van der Waals surface area (Å²) in [5.74, 6) is -0.224. The molecule has 1 saturated heterocycles. The molecule has 0 bridgehead atoms. The minimum Gasteiger partial charge on any atom is -0.455 e. The molecule has 5 N–H and O–H groups in total. The number of aromatic nitrogens is 4. The molecule has 13 nitrogen and oxygen atoms in total. The van der Waals surface area contributed by atoms with Crippen LogP contribution in [-0.2, 0) is 23.7 Å². The van der Waals surface area contributed by atoms with Crippen molar-refractivity contribution >= 4 is 34.8 Å². The summed E-state index contributed by atoms with van der Waals surface area (Å²) in [6, 6.07) is 0. The van der Waals surface area contributed by atoms with Crippen LogP contribution in [0.25, 0.3) is 11.2 Å². The van der Waals surface area contributed by atoms with Crippen LogP contribution >= 0.6 is 11.8 Å². The van der Waals surface area contributed by atoms with Crippen LogP contribution in [0.1, 0.15) is 19.6 Å². The number of carbonyl (C=O) groups is 1. The van der Waals surface area contributed by atoms with E-state index in [0.29, 0.717) is 30.7 Å². The number of thioether (sulfide) groups is 1. The van der Waals surface area contributed by atoms with E-state index in [9.17, 15) is 19.8 Å². The predicted molar refractivity (Wildman–Crippen MR) is 113 cm³/mol. The Labute approximate surface area is 187 Å². The number of aromatic amines is 1. The third-order valence-corrected chi connectivity index (χ3v) is 5.65. The number of esters is 1. The summed E-state index contributed by atoms with van der Waals surface area (Å²) in [7, 11) is 1.58. The molecule has 1 fully saturated rings. The SMILES string of the molecule is CCC(=O)O[C@@H]1[C@H](O)[C@@H](CO)O[C@H]1n1c(SCCOCCOC)nc2c(=O)[nH]c(N)nc21. The van der Waals surface area contributed by atoms with Crippen LogP contribution < -0.4 is 11.3 Å². The number of nitrogen functional groups attached to an aromatic ring is 1. The molecule has 1 aliphatic rings. The lowest BCUT2D eigenvalue weighted by Gasteiger charge is -2.23. The number of hydrogen-bond donors (Lipinski definition) is 4. The lowest BCUT2D eigenvalue weighted by atomic mass is 10.1. The molecule has 3 rings (SSSR count). The maximum Gasteiger partial charge on any atom is 0.306 e. The van der Waals surface area contributed by atoms with Gasteiger partial charge in [-0.2, -0.15) is 4.98 Å². The Hall–Kier alpha value is -2.23. The van der Waals surface area contributed by atoms with Gasteiger partial charge >= 0.3 is 5.97 Å². The van der Waals surface area contributed by atoms with Crippen molar-refractivity contribution in [3.63, 3.8) is 0 Å². The molecule has 0 spiro atoms. The molecule has 14 heteroatoms. The van der Waals surface area contributed by atoms with E-state index >= 15 is 0 Å². The van der Waals surface area contributed by atoms with E-state index in [2.05, 4.69) is 15.0 Å². The van der Waals surface area contributed by atoms with Crippen molar-refractivity contribution in [2.75, 3.05) is 45.0 Å². The molecule has 1 aliphatic heterocycles. The Morgan fingerprint density at radius 3 is 2.81 bits per heavy atom. The number of fused-ring (bicyclic) bond motifs is 1. The number of aliphatic hydroxyl groups is 2. The number of imidazole rings is 1. The van der Waals surface area contributed by atoms with Gasteiger partial charge in [-0.15, -0.1) is 0 Å². The molecule has 0 radical (unpaired) electrons. The average Bonchev–Trinajstić information content (AvgIpc) is 3.27. The Morgan fingerprint density at radius 1 is 1.34 bits per heavy atom. The van der Waals surface area contributed by atoms with E-state index in [1.807, 2.05) is 0 Å². The number of H-pyrrole nitrogens is 1. The number of nitrogens with one attached hydrogen (secondary N) is 1. The van der Waals surface area contributed by atoms with Gasteiger partial charge in [0.05, 0.1) is 26.4 Å². The Bertz CT molecular complexity index is 982. The first-order chi connectivity index (χ1) is 15.4. The Kier molecular flexibility index (Phi) is 8.44. The zero-order valence-corrected chi connectivity index (χ0v) is 18.5. The van der Waals surface area contributed by atoms with Gasteiger partial charge in [0.25, 0.3) is 5.56 Å². The Morgan fingerprint density at radius 2 is 2.12 bits per heavy atom. The first-order valence-corrected chi connectivity index (χ1v) is 11.0. The molecule has 2 aromatic rings. The smallest absolute Gasteiger partial charge is 0.306 e. The van der Waals surface area contributed by atoms with Crippen LogP contribution in [-0.4, -0.2) is 93.3 Å². The van der Waals surface area contributed by atoms with Gasteiger partial charge in [0, 0.05) is 19.3 Å². The van der Waals surface area contributed by atoms with Crippen molar-refractivity contribution in [2.24, 2.45) is 0 Å². The van der Waals surface area contributed by atoms with E-state index in [4.69, 9.17) is 24.7 Å². The van der Waals surface area contributed by atoms with Crippen LogP contribution in [0.3, 0.4) is 0 Å². The number of methoxy groups -OCH3 is 1. The highest BCUT2D eigenvalue weighted by Gasteiger charge is 2.48. The maximum atomic E-state index is 12.4. The fourth-order valence-corrected chi connectivity index (χ4v) is 4.06. The third kappa shape index (κ3) is 5.22. The maximum absolute atomic E-state index is 12.4. The summed E-state index contributed by atoms with van der Waals surface area (Å²) in [5.41, 5.74) is 5.28. The first-order valence-electron chi connectivity index (χ1n) is 10.0. The second kappa shape index (κ2) is 11.1. The fourth-order valence-electron chi connectivity index (χ4n) is 3.19. The molecule has 178 valence electrons. The normalized spacial score (nSPS) is 23.1. The summed E-state index contributed by atoms with van der Waals surface area (Å²) in [4.78, 5) is 35.3. The van der Waals surface area contributed by atoms with Gasteiger partial charge in [-0.05, 0) is 0 Å². The predicted octanol–water partition coefficient (Wildman–Crippen LogP) is -0.971. The van der Waals surface area contributed by atoms with Crippen molar-refractivity contribution in [1.82, 2.24) is 19.5 Å². The molecule has 32 heavy (non-hydrogen) atoms. The number of carbonyl (C=O) groups excluding carboxylic acids is 1. The highest BCUT2D eigenvalue weighted by atomic mass is 32.2. The minimum atomic E-state index is -1.30. The number of aliphatic hydroxyl groups excluding tert-OH is 2. The van der Waals surface area contributed by atoms with Crippen LogP contribution in [0.15, 0.2) is 9.95 Å². The summed E-state index contributed by atoms with van der Waals surface area (Å²) >= 11 is 1.26. The molecule has 0 saturated carbocycles. The molecule has 2 aromatic heterocycles. The topological polar surface area (TPSA) is 184 Å². The number of rotatable bonds is 11. The number of anilines is 1. The van der Waals surface area contributed by atoms with Gasteiger partial charge in [0.1, 0.15) is 12.2 Å². The molecular weight excluding hydrogens is 446 g/mol. The highest BCUT2D eigenvalue weighted by molar-refractivity contribution is 7.99. The highest BCUT2D eigenvalue weighted by Crippen LogP contribution is 2.37. The summed E-state index contributed by atoms with van der Waals surface area (Å²) in [6.07, 6.45) is -4.48. The molecule has 0 aromatic carbocycles. The lowest BCUT2D eigenvalue weighted by Crippen LogP contribution is -2.37. The van der Waals surface area contributed by atoms with Crippen molar-refractivity contribution in [1.29, 1.82) is 0 Å². The first kappa shape index (κ1) is 24.4. The number of nitrogens with zero attached hydrogens (tertiary/aromatic N) is 3. The van der Waals surface area contributed by atoms with Crippen molar-refractivity contribution in [2.45, 2.75) is 43.0 Å². The number of nitrogens with two attached hydrogens (primary N) is 1. The summed E-state index contributed by atoms with van der Waals surface area (Å²) in [6.45, 7) is 2.38. The van der Waals surface area contributed by atoms with Crippen LogP contribution in [0.4, 0.5) is 5.95 Å². The average molecular weight is 474 g/mol. The minimum absolute atomic E-state index is 0.00751. The zero-order chi connectivity index (χ0) is 23.3. The quantitative estimate of drug-likeness (QED) is 0.178. The van der Waals surface area contributed by atoms with Crippen LogP contribution in [0.5, 0.6) is 0 Å². The van der Waals surface area contributed by atoms with Gasteiger partial charge < -0.3 is 34.9 Å². The zero-order valence-electron chi connectivity index (χ0n) is 17.7. The van der Waals surface area contributed by atoms with E-state index < -0.39 is 42.7 Å². The number of hydrogen-bond acceptors (Lipinski definition) is 12. The van der Waals surface area contributed by atoms with E-state index in [1.165, 1.54) is 16.3 Å². The third-order valence-electron chi connectivity index (χ3n) is 4.73. The largest absolute Gasteiger partial charge is 0.455 e. The lowest BCUT2D eigenvalue weighted by molar-refractivity contribution is -0.158. The molecular formula is C18H27N5O8S. The summed E-state index contributed by atoms with van der Waals surface area (Å²) < 4.78 is 23.1. The van der Waals surface area contributed by atoms with Crippen molar-refractivity contribution in [3.05, 3.63) is 10.4 Å². The second-order valence-electron chi connectivity index (χ2n) is 6.89. The van der Waals surface area contributed by atoms with E-state index in [0.717, 1.165) is 0 Å². The monoisotopic (exact) mass is 473 g/mol. The van der Waals surface area contributed by atoms with Crippen LogP contribution in [0, 0.1) is 0 Å². The fraction of sp³-hybridized carbons (Fsp3) is 0.667. The van der Waals surface area contributed by atoms with Gasteiger partial charge in [-0.3, -0.25) is 19.1 Å². The van der Waals surface area contributed by atoms with Gasteiger partial charge in [0.15, 0.2) is 28.7 Å². The molecule has 4 atom stereocenters. The number of ether oxygens (including phenoxy) is 4. The second-order valence-corrected chi connectivity index (χ2v) is 7.95. The van der Waals surface area contributed by atoms with Crippen LogP contribution in [0.2, 0.25) is 0 Å². The van der Waals surface area contributed by atoms with Gasteiger partial charge in [-0.25, -0.2) is 4.98 Å². The summed E-state index contributed by atoms with van der Waals surface area (Å²) in [5, 5.41) is 20.5. The van der Waals surface area contributed by atoms with E-state index in [-0.39, 0.29) is 23.5 Å². The molecule has 0 amide bonds. The van der Waals surface area contributed by atoms with Crippen molar-refractivity contribution in [3.8, 4) is 0 Å². The van der Waals surface area contributed by atoms with Gasteiger partial charge in [-0.1, -0.05) is 18.7 Å². The van der Waals surface area contributed by atoms with E-state index in [1.54, 1.807) is 14.0 Å². The Balaban J connectivity index is 1.98. The molecule has 0 aliphatic carbocycles. The standard InChI is InChI=1S/C18H27N5O8S/c1-3-10(25)31-13-12(26)9(8-24)30-16(13)23-14-11(15(27)22-17(19)21-14)20-18(23)32-7-6-29-5-4-28-2/h9,12-13,16,24,26H,3-8H2,1-2H3,(H3,19,21,22,27)/t9-,12-,13-,16-/m1/s1. The molecule has 3 heterocycles. The van der Waals surface area contributed by atoms with Gasteiger partial charge in [0.2, 0.25) is 5.95 Å². The molecule has 0 unspecified atom stereocenters.